The number of guanidine groups is 1. The maximum absolute atomic E-state index is 13.4. The third-order valence-electron chi connectivity index (χ3n) is 6.45. The van der Waals surface area contributed by atoms with E-state index in [1.54, 1.807) is 18.2 Å². The maximum atomic E-state index is 13.4. The van der Waals surface area contributed by atoms with Crippen molar-refractivity contribution in [1.82, 2.24) is 10.6 Å². The van der Waals surface area contributed by atoms with Crippen LogP contribution >= 0.6 is 0 Å². The largest absolute Gasteiger partial charge is 0.493 e. The van der Waals surface area contributed by atoms with E-state index in [0.29, 0.717) is 23.5 Å². The van der Waals surface area contributed by atoms with Crippen molar-refractivity contribution < 1.29 is 24.2 Å². The number of aliphatic hydroxyl groups is 1. The molecule has 4 rings (SSSR count). The molecule has 0 aliphatic heterocycles. The maximum Gasteiger partial charge on any atom is 0.245 e. The molecule has 0 aromatic heterocycles. The molecule has 9 heteroatoms. The zero-order valence-corrected chi connectivity index (χ0v) is 21.4. The molecule has 1 aliphatic rings. The number of carbonyl (C=O) groups is 2. The molecule has 3 atom stereocenters. The van der Waals surface area contributed by atoms with Gasteiger partial charge in [0.25, 0.3) is 0 Å². The SMILES string of the molecule is COc1ccc(CC(=O)NC(N)=NC(Cc2ccccc2)C(=O)NC2c3ccccc3CC2O)cc1OC. The second-order valence-electron chi connectivity index (χ2n) is 9.09. The lowest BCUT2D eigenvalue weighted by Crippen LogP contribution is -2.44. The number of carbonyl (C=O) groups excluding carboxylic acids is 2. The fourth-order valence-corrected chi connectivity index (χ4v) is 4.59. The molecule has 0 spiro atoms. The first-order valence-corrected chi connectivity index (χ1v) is 12.3. The number of aliphatic hydroxyl groups excluding tert-OH is 1. The predicted octanol–water partition coefficient (Wildman–Crippen LogP) is 2.06. The minimum atomic E-state index is -0.918. The first-order valence-electron chi connectivity index (χ1n) is 12.3. The summed E-state index contributed by atoms with van der Waals surface area (Å²) in [6, 6.07) is 20.8. The quantitative estimate of drug-likeness (QED) is 0.254. The number of benzene rings is 3. The molecule has 3 unspecified atom stereocenters. The molecule has 0 radical (unpaired) electrons. The molecule has 3 aromatic rings. The molecular formula is C29H32N4O5. The highest BCUT2D eigenvalue weighted by molar-refractivity contribution is 5.98. The summed E-state index contributed by atoms with van der Waals surface area (Å²) in [7, 11) is 3.06. The Bertz CT molecular complexity index is 1310. The topological polar surface area (TPSA) is 135 Å². The number of nitrogens with one attached hydrogen (secondary N) is 2. The van der Waals surface area contributed by atoms with Crippen molar-refractivity contribution in [3.8, 4) is 11.5 Å². The number of nitrogens with zero attached hydrogens (tertiary/aromatic N) is 1. The first-order chi connectivity index (χ1) is 18.4. The molecule has 5 N–H and O–H groups in total. The molecule has 3 aromatic carbocycles. The van der Waals surface area contributed by atoms with E-state index in [-0.39, 0.29) is 18.8 Å². The van der Waals surface area contributed by atoms with Gasteiger partial charge in [-0.1, -0.05) is 60.7 Å². The lowest BCUT2D eigenvalue weighted by atomic mass is 10.0. The second-order valence-corrected chi connectivity index (χ2v) is 9.09. The summed E-state index contributed by atoms with van der Waals surface area (Å²) in [6.45, 7) is 0. The molecule has 1 aliphatic carbocycles. The van der Waals surface area contributed by atoms with Crippen molar-refractivity contribution >= 4 is 17.8 Å². The van der Waals surface area contributed by atoms with Gasteiger partial charge in [-0.3, -0.25) is 14.9 Å². The van der Waals surface area contributed by atoms with Gasteiger partial charge in [0.1, 0.15) is 6.04 Å². The number of aliphatic imine (C=N–C) groups is 1. The summed E-state index contributed by atoms with van der Waals surface area (Å²) in [5.41, 5.74) is 9.53. The average Bonchev–Trinajstić information content (AvgIpc) is 3.23. The second kappa shape index (κ2) is 12.2. The van der Waals surface area contributed by atoms with Crippen LogP contribution in [0.4, 0.5) is 0 Å². The van der Waals surface area contributed by atoms with Crippen molar-refractivity contribution in [2.75, 3.05) is 14.2 Å². The standard InChI is InChI=1S/C29H32N4O5/c1-37-24-13-12-19(15-25(24)38-2)16-26(35)32-29(30)31-22(14-18-8-4-3-5-9-18)28(36)33-27-21-11-7-6-10-20(21)17-23(27)34/h3-13,15,22-23,27,34H,14,16-17H2,1-2H3,(H,33,36)(H3,30,31,32,35). The molecule has 198 valence electrons. The van der Waals surface area contributed by atoms with Gasteiger partial charge in [-0.25, -0.2) is 4.99 Å². The molecule has 0 heterocycles. The summed E-state index contributed by atoms with van der Waals surface area (Å²) in [5, 5.41) is 16.1. The van der Waals surface area contributed by atoms with Gasteiger partial charge in [-0.2, -0.15) is 0 Å². The molecule has 38 heavy (non-hydrogen) atoms. The summed E-state index contributed by atoms with van der Waals surface area (Å²) < 4.78 is 10.5. The van der Waals surface area contributed by atoms with Gasteiger partial charge in [0.15, 0.2) is 17.5 Å². The van der Waals surface area contributed by atoms with Gasteiger partial charge < -0.3 is 25.6 Å². The van der Waals surface area contributed by atoms with Crippen LogP contribution in [0.15, 0.2) is 77.8 Å². The van der Waals surface area contributed by atoms with E-state index in [1.807, 2.05) is 54.6 Å². The van der Waals surface area contributed by atoms with Crippen molar-refractivity contribution in [1.29, 1.82) is 0 Å². The highest BCUT2D eigenvalue weighted by atomic mass is 16.5. The fourth-order valence-electron chi connectivity index (χ4n) is 4.59. The molecule has 0 fully saturated rings. The molecule has 0 saturated heterocycles. The molecular weight excluding hydrogens is 484 g/mol. The van der Waals surface area contributed by atoms with Crippen LogP contribution in [0.1, 0.15) is 28.3 Å². The zero-order valence-electron chi connectivity index (χ0n) is 21.4. The smallest absolute Gasteiger partial charge is 0.245 e. The Morgan fingerprint density at radius 2 is 1.71 bits per heavy atom. The summed E-state index contributed by atoms with van der Waals surface area (Å²) >= 11 is 0. The summed E-state index contributed by atoms with van der Waals surface area (Å²) in [6.07, 6.45) is 0.0130. The third-order valence-corrected chi connectivity index (χ3v) is 6.45. The summed E-state index contributed by atoms with van der Waals surface area (Å²) in [4.78, 5) is 30.4. The number of methoxy groups -OCH3 is 2. The van der Waals surface area contributed by atoms with Crippen molar-refractivity contribution in [3.05, 3.63) is 95.1 Å². The van der Waals surface area contributed by atoms with Crippen LogP contribution in [0.25, 0.3) is 0 Å². The third kappa shape index (κ3) is 6.49. The molecule has 9 nitrogen and oxygen atoms in total. The normalized spacial score (nSPS) is 17.3. The highest BCUT2D eigenvalue weighted by Crippen LogP contribution is 2.31. The number of hydrogen-bond donors (Lipinski definition) is 4. The van der Waals surface area contributed by atoms with Crippen molar-refractivity contribution in [2.45, 2.75) is 37.5 Å². The van der Waals surface area contributed by atoms with Crippen molar-refractivity contribution in [3.63, 3.8) is 0 Å². The Morgan fingerprint density at radius 1 is 1.00 bits per heavy atom. The highest BCUT2D eigenvalue weighted by Gasteiger charge is 2.33. The van der Waals surface area contributed by atoms with Crippen LogP contribution in [-0.4, -0.2) is 49.2 Å². The van der Waals surface area contributed by atoms with Gasteiger partial charge in [-0.15, -0.1) is 0 Å². The molecule has 0 saturated carbocycles. The number of amides is 2. The number of ether oxygens (including phenoxy) is 2. The van der Waals surface area contributed by atoms with Crippen LogP contribution in [-0.2, 0) is 28.9 Å². The van der Waals surface area contributed by atoms with E-state index in [0.717, 1.165) is 16.7 Å². The van der Waals surface area contributed by atoms with Crippen LogP contribution < -0.4 is 25.8 Å². The Kier molecular flexibility index (Phi) is 8.60. The predicted molar refractivity (Wildman–Crippen MR) is 144 cm³/mol. The lowest BCUT2D eigenvalue weighted by molar-refractivity contribution is -0.124. The lowest BCUT2D eigenvalue weighted by Gasteiger charge is -2.21. The van der Waals surface area contributed by atoms with Crippen LogP contribution in [0, 0.1) is 0 Å². The van der Waals surface area contributed by atoms with Crippen LogP contribution in [0.5, 0.6) is 11.5 Å². The average molecular weight is 517 g/mol. The summed E-state index contributed by atoms with van der Waals surface area (Å²) in [5.74, 6) is 0.111. The number of hydrogen-bond acceptors (Lipinski definition) is 6. The Balaban J connectivity index is 1.48. The monoisotopic (exact) mass is 516 g/mol. The number of rotatable bonds is 9. The fraction of sp³-hybridized carbons (Fsp3) is 0.276. The van der Waals surface area contributed by atoms with Gasteiger partial charge in [0.05, 0.1) is 32.8 Å². The van der Waals surface area contributed by atoms with E-state index in [9.17, 15) is 14.7 Å². The Morgan fingerprint density at radius 3 is 2.45 bits per heavy atom. The number of nitrogens with two attached hydrogens (primary N) is 1. The van der Waals surface area contributed by atoms with E-state index in [1.165, 1.54) is 14.2 Å². The van der Waals surface area contributed by atoms with E-state index in [4.69, 9.17) is 15.2 Å². The van der Waals surface area contributed by atoms with E-state index >= 15 is 0 Å². The van der Waals surface area contributed by atoms with E-state index < -0.39 is 30.0 Å². The van der Waals surface area contributed by atoms with Crippen molar-refractivity contribution in [2.24, 2.45) is 10.7 Å². The van der Waals surface area contributed by atoms with Gasteiger partial charge in [0.2, 0.25) is 11.8 Å². The molecule has 0 bridgehead atoms. The van der Waals surface area contributed by atoms with Crippen LogP contribution in [0.2, 0.25) is 0 Å². The number of fused-ring (bicyclic) bond motifs is 1. The zero-order chi connectivity index (χ0) is 27.1. The minimum absolute atomic E-state index is 0.0250. The first kappa shape index (κ1) is 26.7. The Labute approximate surface area is 221 Å². The molecule has 2 amide bonds. The van der Waals surface area contributed by atoms with Gasteiger partial charge >= 0.3 is 0 Å². The van der Waals surface area contributed by atoms with Gasteiger partial charge in [0, 0.05) is 12.8 Å². The Hall–Kier alpha value is -4.37. The van der Waals surface area contributed by atoms with Gasteiger partial charge in [-0.05, 0) is 34.4 Å². The van der Waals surface area contributed by atoms with E-state index in [2.05, 4.69) is 15.6 Å². The minimum Gasteiger partial charge on any atom is -0.493 e. The van der Waals surface area contributed by atoms with Crippen LogP contribution in [0.3, 0.4) is 0 Å².